The molecule has 3 N–H and O–H groups in total. The predicted octanol–water partition coefficient (Wildman–Crippen LogP) is 5.60. The number of rotatable bonds is 5. The zero-order valence-corrected chi connectivity index (χ0v) is 17.5. The van der Waals surface area contributed by atoms with Gasteiger partial charge in [-0.05, 0) is 67.4 Å². The van der Waals surface area contributed by atoms with E-state index < -0.39 is 29.4 Å². The van der Waals surface area contributed by atoms with Crippen molar-refractivity contribution < 1.29 is 22.8 Å². The van der Waals surface area contributed by atoms with Crippen LogP contribution in [0.1, 0.15) is 23.2 Å². The Kier molecular flexibility index (Phi) is 6.48. The first kappa shape index (κ1) is 22.2. The molecule has 1 saturated heterocycles. The number of nitrogens with zero attached hydrogens (tertiary/aromatic N) is 1. The summed E-state index contributed by atoms with van der Waals surface area (Å²) in [4.78, 5) is 27.1. The first-order chi connectivity index (χ1) is 15.9. The Balaban J connectivity index is 1.55. The van der Waals surface area contributed by atoms with E-state index in [-0.39, 0.29) is 11.3 Å². The van der Waals surface area contributed by atoms with Crippen LogP contribution in [0.2, 0.25) is 0 Å². The number of hydrogen-bond acceptors (Lipinski definition) is 3. The van der Waals surface area contributed by atoms with Crippen molar-refractivity contribution in [2.24, 2.45) is 0 Å². The van der Waals surface area contributed by atoms with Crippen LogP contribution in [-0.2, 0) is 0 Å². The lowest BCUT2D eigenvalue weighted by atomic mass is 10.2. The van der Waals surface area contributed by atoms with E-state index in [1.165, 1.54) is 24.3 Å². The molecule has 1 aliphatic rings. The van der Waals surface area contributed by atoms with Crippen LogP contribution in [0, 0.1) is 17.5 Å². The van der Waals surface area contributed by atoms with Crippen molar-refractivity contribution in [3.8, 4) is 0 Å². The molecule has 1 fully saturated rings. The van der Waals surface area contributed by atoms with Crippen LogP contribution in [0.3, 0.4) is 0 Å². The third kappa shape index (κ3) is 5.43. The highest BCUT2D eigenvalue weighted by molar-refractivity contribution is 6.06. The molecular weight excluding hydrogens is 433 g/mol. The number of hydrogen-bond donors (Lipinski definition) is 3. The summed E-state index contributed by atoms with van der Waals surface area (Å²) >= 11 is 0. The van der Waals surface area contributed by atoms with Crippen molar-refractivity contribution in [1.82, 2.24) is 0 Å². The Morgan fingerprint density at radius 3 is 2.09 bits per heavy atom. The highest BCUT2D eigenvalue weighted by atomic mass is 19.1. The van der Waals surface area contributed by atoms with E-state index >= 15 is 0 Å². The van der Waals surface area contributed by atoms with Gasteiger partial charge < -0.3 is 20.9 Å². The minimum Gasteiger partial charge on any atom is -0.370 e. The number of halogens is 3. The zero-order chi connectivity index (χ0) is 23.4. The second-order valence-corrected chi connectivity index (χ2v) is 7.59. The van der Waals surface area contributed by atoms with Gasteiger partial charge >= 0.3 is 6.03 Å². The fourth-order valence-corrected chi connectivity index (χ4v) is 3.62. The molecule has 0 atom stereocenters. The number of benzene rings is 3. The molecule has 1 aliphatic heterocycles. The Hall–Kier alpha value is -4.01. The van der Waals surface area contributed by atoms with E-state index in [0.29, 0.717) is 17.4 Å². The molecular formula is C24H21F3N4O2. The SMILES string of the molecule is O=C(Nc1ccc(F)cc1F)Nc1cc(NC(=O)c2ccc(F)cc2)ccc1N1CCCC1. The third-order valence-electron chi connectivity index (χ3n) is 5.24. The molecule has 0 spiro atoms. The van der Waals surface area contributed by atoms with Gasteiger partial charge in [0.2, 0.25) is 0 Å². The Bertz CT molecular complexity index is 1180. The first-order valence-corrected chi connectivity index (χ1v) is 10.4. The van der Waals surface area contributed by atoms with E-state index in [4.69, 9.17) is 0 Å². The van der Waals surface area contributed by atoms with Gasteiger partial charge in [-0.1, -0.05) is 0 Å². The largest absolute Gasteiger partial charge is 0.370 e. The molecule has 0 radical (unpaired) electrons. The fourth-order valence-electron chi connectivity index (χ4n) is 3.62. The van der Waals surface area contributed by atoms with Crippen LogP contribution in [0.5, 0.6) is 0 Å². The summed E-state index contributed by atoms with van der Waals surface area (Å²) in [7, 11) is 0. The topological polar surface area (TPSA) is 73.5 Å². The lowest BCUT2D eigenvalue weighted by Crippen LogP contribution is -2.24. The lowest BCUT2D eigenvalue weighted by molar-refractivity contribution is 0.102. The molecule has 0 bridgehead atoms. The van der Waals surface area contributed by atoms with Crippen molar-refractivity contribution in [2.45, 2.75) is 12.8 Å². The highest BCUT2D eigenvalue weighted by Gasteiger charge is 2.19. The van der Waals surface area contributed by atoms with E-state index in [0.717, 1.165) is 43.8 Å². The molecule has 4 rings (SSSR count). The van der Waals surface area contributed by atoms with E-state index in [9.17, 15) is 22.8 Å². The lowest BCUT2D eigenvalue weighted by Gasteiger charge is -2.22. The third-order valence-corrected chi connectivity index (χ3v) is 5.24. The maximum Gasteiger partial charge on any atom is 0.323 e. The highest BCUT2D eigenvalue weighted by Crippen LogP contribution is 2.32. The summed E-state index contributed by atoms with van der Waals surface area (Å²) in [5, 5.41) is 7.77. The van der Waals surface area contributed by atoms with Crippen LogP contribution < -0.4 is 20.9 Å². The maximum atomic E-state index is 13.9. The number of anilines is 4. The average Bonchev–Trinajstić information content (AvgIpc) is 3.31. The molecule has 170 valence electrons. The van der Waals surface area contributed by atoms with Crippen LogP contribution in [0.4, 0.5) is 40.7 Å². The molecule has 0 saturated carbocycles. The molecule has 3 aromatic rings. The number of carbonyl (C=O) groups is 2. The van der Waals surface area contributed by atoms with Gasteiger partial charge in [0.25, 0.3) is 5.91 Å². The summed E-state index contributed by atoms with van der Waals surface area (Å²) < 4.78 is 40.1. The van der Waals surface area contributed by atoms with Crippen LogP contribution in [-0.4, -0.2) is 25.0 Å². The van der Waals surface area contributed by atoms with Gasteiger partial charge in [0.1, 0.15) is 17.5 Å². The van der Waals surface area contributed by atoms with Crippen molar-refractivity contribution in [3.63, 3.8) is 0 Å². The van der Waals surface area contributed by atoms with E-state index in [1.54, 1.807) is 18.2 Å². The predicted molar refractivity (Wildman–Crippen MR) is 121 cm³/mol. The van der Waals surface area contributed by atoms with Gasteiger partial charge in [0.05, 0.1) is 17.1 Å². The second-order valence-electron chi connectivity index (χ2n) is 7.59. The normalized spacial score (nSPS) is 13.0. The minimum absolute atomic E-state index is 0.169. The summed E-state index contributed by atoms with van der Waals surface area (Å²) in [6, 6.07) is 12.3. The van der Waals surface area contributed by atoms with Crippen LogP contribution in [0.15, 0.2) is 60.7 Å². The molecule has 1 heterocycles. The number of urea groups is 1. The van der Waals surface area contributed by atoms with Crippen LogP contribution >= 0.6 is 0 Å². The molecule has 9 heteroatoms. The van der Waals surface area contributed by atoms with E-state index in [2.05, 4.69) is 20.9 Å². The van der Waals surface area contributed by atoms with Gasteiger partial charge in [-0.25, -0.2) is 18.0 Å². The summed E-state index contributed by atoms with van der Waals surface area (Å²) in [6.45, 7) is 1.62. The van der Waals surface area contributed by atoms with Gasteiger partial charge in [-0.15, -0.1) is 0 Å². The fraction of sp³-hybridized carbons (Fsp3) is 0.167. The summed E-state index contributed by atoms with van der Waals surface area (Å²) in [5.74, 6) is -2.53. The van der Waals surface area contributed by atoms with Crippen molar-refractivity contribution in [2.75, 3.05) is 33.9 Å². The molecule has 0 aromatic heterocycles. The van der Waals surface area contributed by atoms with Crippen LogP contribution in [0.25, 0.3) is 0 Å². The molecule has 33 heavy (non-hydrogen) atoms. The van der Waals surface area contributed by atoms with Gasteiger partial charge in [-0.3, -0.25) is 4.79 Å². The summed E-state index contributed by atoms with van der Waals surface area (Å²) in [5.41, 5.74) is 1.68. The Morgan fingerprint density at radius 2 is 1.39 bits per heavy atom. The molecule has 0 unspecified atom stereocenters. The quantitative estimate of drug-likeness (QED) is 0.470. The van der Waals surface area contributed by atoms with Crippen molar-refractivity contribution >= 4 is 34.7 Å². The standard InChI is InChI=1S/C24H21F3N4O2/c25-16-5-3-15(4-6-16)23(32)28-18-8-10-22(31-11-1-2-12-31)21(14-18)30-24(33)29-20-9-7-17(26)13-19(20)27/h3-10,13-14H,1-2,11-12H2,(H,28,32)(H2,29,30,33). The molecule has 6 nitrogen and oxygen atoms in total. The molecule has 3 amide bonds. The number of carbonyl (C=O) groups excluding carboxylic acids is 2. The average molecular weight is 454 g/mol. The van der Waals surface area contributed by atoms with Gasteiger partial charge in [0, 0.05) is 30.4 Å². The monoisotopic (exact) mass is 454 g/mol. The zero-order valence-electron chi connectivity index (χ0n) is 17.5. The van der Waals surface area contributed by atoms with Gasteiger partial charge in [-0.2, -0.15) is 0 Å². The number of nitrogens with one attached hydrogen (secondary N) is 3. The molecule has 0 aliphatic carbocycles. The molecule has 3 aromatic carbocycles. The first-order valence-electron chi connectivity index (χ1n) is 10.4. The maximum absolute atomic E-state index is 13.9. The van der Waals surface area contributed by atoms with Crippen molar-refractivity contribution in [3.05, 3.63) is 83.7 Å². The van der Waals surface area contributed by atoms with Crippen molar-refractivity contribution in [1.29, 1.82) is 0 Å². The Labute approximate surface area is 188 Å². The second kappa shape index (κ2) is 9.64. The Morgan fingerprint density at radius 1 is 0.727 bits per heavy atom. The van der Waals surface area contributed by atoms with Gasteiger partial charge in [0.15, 0.2) is 0 Å². The van der Waals surface area contributed by atoms with E-state index in [1.807, 2.05) is 0 Å². The summed E-state index contributed by atoms with van der Waals surface area (Å²) in [6.07, 6.45) is 2.02. The minimum atomic E-state index is -0.898. The number of amides is 3. The smallest absolute Gasteiger partial charge is 0.323 e.